The highest BCUT2D eigenvalue weighted by atomic mass is 16.5. The predicted octanol–water partition coefficient (Wildman–Crippen LogP) is 2.66. The maximum atomic E-state index is 11.8. The molecule has 1 aromatic rings. The first-order valence-corrected chi connectivity index (χ1v) is 6.55. The molecule has 4 nitrogen and oxygen atoms in total. The summed E-state index contributed by atoms with van der Waals surface area (Å²) in [6.45, 7) is 2.08. The zero-order valence-corrected chi connectivity index (χ0v) is 11.2. The normalized spacial score (nSPS) is 11.8. The Kier molecular flexibility index (Phi) is 6.64. The molecule has 0 saturated heterocycles. The average Bonchev–Trinajstić information content (AvgIpc) is 2.40. The van der Waals surface area contributed by atoms with Gasteiger partial charge in [0.2, 0.25) is 0 Å². The van der Waals surface area contributed by atoms with Crippen LogP contribution in [0.5, 0.6) is 0 Å². The van der Waals surface area contributed by atoms with Crippen molar-refractivity contribution in [2.45, 2.75) is 32.6 Å². The molecule has 1 rings (SSSR count). The monoisotopic (exact) mass is 264 g/mol. The van der Waals surface area contributed by atoms with E-state index in [1.165, 1.54) is 0 Å². The second-order valence-electron chi connectivity index (χ2n) is 4.41. The van der Waals surface area contributed by atoms with Crippen LogP contribution in [0.3, 0.4) is 0 Å². The molecule has 0 radical (unpaired) electrons. The molecule has 19 heavy (non-hydrogen) atoms. The topological polar surface area (TPSA) is 63.6 Å². The van der Waals surface area contributed by atoms with Crippen LogP contribution in [-0.2, 0) is 20.7 Å². The minimum absolute atomic E-state index is 0.00172. The zero-order chi connectivity index (χ0) is 14.1. The molecule has 1 N–H and O–H groups in total. The molecule has 0 bridgehead atoms. The first-order chi connectivity index (χ1) is 9.13. The molecule has 0 heterocycles. The third-order valence-electron chi connectivity index (χ3n) is 2.95. The second-order valence-corrected chi connectivity index (χ2v) is 4.41. The molecule has 1 aromatic carbocycles. The lowest BCUT2D eigenvalue weighted by Crippen LogP contribution is -2.19. The van der Waals surface area contributed by atoms with E-state index in [2.05, 4.69) is 0 Å². The quantitative estimate of drug-likeness (QED) is 0.733. The van der Waals surface area contributed by atoms with E-state index in [9.17, 15) is 9.59 Å². The molecule has 0 aliphatic carbocycles. The van der Waals surface area contributed by atoms with Crippen LogP contribution in [0, 0.1) is 5.92 Å². The van der Waals surface area contributed by atoms with Gasteiger partial charge in [-0.1, -0.05) is 30.3 Å². The number of carboxylic acids is 1. The number of ether oxygens (including phenoxy) is 1. The summed E-state index contributed by atoms with van der Waals surface area (Å²) in [4.78, 5) is 22.4. The molecular formula is C15H20O4. The Morgan fingerprint density at radius 1 is 1.21 bits per heavy atom. The number of hydrogen-bond donors (Lipinski definition) is 1. The van der Waals surface area contributed by atoms with Crippen molar-refractivity contribution >= 4 is 11.9 Å². The van der Waals surface area contributed by atoms with Gasteiger partial charge in [0.25, 0.3) is 0 Å². The third-order valence-corrected chi connectivity index (χ3v) is 2.95. The average molecular weight is 264 g/mol. The summed E-state index contributed by atoms with van der Waals surface area (Å²) in [5.41, 5.74) is 1.15. The fourth-order valence-corrected chi connectivity index (χ4v) is 1.92. The van der Waals surface area contributed by atoms with Crippen LogP contribution in [0.25, 0.3) is 0 Å². The predicted molar refractivity (Wildman–Crippen MR) is 71.8 cm³/mol. The number of aliphatic carboxylic acids is 1. The van der Waals surface area contributed by atoms with Crippen LogP contribution in [0.15, 0.2) is 30.3 Å². The van der Waals surface area contributed by atoms with Gasteiger partial charge in [-0.2, -0.15) is 0 Å². The summed E-state index contributed by atoms with van der Waals surface area (Å²) in [5, 5.41) is 8.71. The molecular weight excluding hydrogens is 244 g/mol. The maximum Gasteiger partial charge on any atom is 0.308 e. The SMILES string of the molecule is CCOC(=O)[C@@H](CCC(=O)O)CCc1ccccc1. The molecule has 0 unspecified atom stereocenters. The number of esters is 1. The molecule has 0 aliphatic rings. The van der Waals surface area contributed by atoms with Gasteiger partial charge < -0.3 is 9.84 Å². The number of hydrogen-bond acceptors (Lipinski definition) is 3. The lowest BCUT2D eigenvalue weighted by molar-refractivity contribution is -0.149. The van der Waals surface area contributed by atoms with Crippen LogP contribution < -0.4 is 0 Å². The van der Waals surface area contributed by atoms with E-state index >= 15 is 0 Å². The Morgan fingerprint density at radius 2 is 1.89 bits per heavy atom. The molecule has 0 spiro atoms. The fraction of sp³-hybridized carbons (Fsp3) is 0.467. The number of carboxylic acid groups (broad SMARTS) is 1. The van der Waals surface area contributed by atoms with E-state index < -0.39 is 5.97 Å². The van der Waals surface area contributed by atoms with E-state index in [1.807, 2.05) is 30.3 Å². The van der Waals surface area contributed by atoms with E-state index in [-0.39, 0.29) is 18.3 Å². The number of carbonyl (C=O) groups excluding carboxylic acids is 1. The molecule has 4 heteroatoms. The van der Waals surface area contributed by atoms with E-state index in [4.69, 9.17) is 9.84 Å². The summed E-state index contributed by atoms with van der Waals surface area (Å²) < 4.78 is 4.99. The number of carbonyl (C=O) groups is 2. The first-order valence-electron chi connectivity index (χ1n) is 6.55. The number of benzene rings is 1. The van der Waals surface area contributed by atoms with Crippen molar-refractivity contribution in [1.82, 2.24) is 0 Å². The molecule has 0 saturated carbocycles. The van der Waals surface area contributed by atoms with E-state index in [0.717, 1.165) is 12.0 Å². The first kappa shape index (κ1) is 15.2. The van der Waals surface area contributed by atoms with Gasteiger partial charge in [0, 0.05) is 6.42 Å². The van der Waals surface area contributed by atoms with Crippen LogP contribution in [-0.4, -0.2) is 23.7 Å². The van der Waals surface area contributed by atoms with Gasteiger partial charge in [0.1, 0.15) is 0 Å². The third kappa shape index (κ3) is 6.04. The molecule has 0 aliphatic heterocycles. The van der Waals surface area contributed by atoms with Crippen LogP contribution in [0.4, 0.5) is 0 Å². The van der Waals surface area contributed by atoms with Gasteiger partial charge in [-0.15, -0.1) is 0 Å². The van der Waals surface area contributed by atoms with Gasteiger partial charge in [0.05, 0.1) is 12.5 Å². The molecule has 0 aromatic heterocycles. The van der Waals surface area contributed by atoms with E-state index in [1.54, 1.807) is 6.92 Å². The Labute approximate surface area is 113 Å². The second kappa shape index (κ2) is 8.29. The van der Waals surface area contributed by atoms with Gasteiger partial charge in [-0.25, -0.2) is 0 Å². The molecule has 1 atom stereocenters. The largest absolute Gasteiger partial charge is 0.481 e. The van der Waals surface area contributed by atoms with Gasteiger partial charge >= 0.3 is 11.9 Å². The standard InChI is InChI=1S/C15H20O4/c1-2-19-15(18)13(10-11-14(16)17)9-8-12-6-4-3-5-7-12/h3-7,13H,2,8-11H2,1H3,(H,16,17)/t13-/m1/s1. The lowest BCUT2D eigenvalue weighted by atomic mass is 9.95. The number of aryl methyl sites for hydroxylation is 1. The highest BCUT2D eigenvalue weighted by molar-refractivity contribution is 5.74. The summed E-state index contributed by atoms with van der Waals surface area (Å²) in [7, 11) is 0. The molecule has 104 valence electrons. The smallest absolute Gasteiger partial charge is 0.308 e. The summed E-state index contributed by atoms with van der Waals surface area (Å²) in [6, 6.07) is 9.84. The minimum atomic E-state index is -0.881. The van der Waals surface area contributed by atoms with Gasteiger partial charge in [-0.05, 0) is 31.7 Å². The van der Waals surface area contributed by atoms with Crippen molar-refractivity contribution < 1.29 is 19.4 Å². The van der Waals surface area contributed by atoms with Crippen molar-refractivity contribution in [3.8, 4) is 0 Å². The fourth-order valence-electron chi connectivity index (χ4n) is 1.92. The Hall–Kier alpha value is -1.84. The van der Waals surface area contributed by atoms with Gasteiger partial charge in [-0.3, -0.25) is 9.59 Å². The van der Waals surface area contributed by atoms with Crippen LogP contribution in [0.1, 0.15) is 31.7 Å². The Bertz CT molecular complexity index is 400. The van der Waals surface area contributed by atoms with Crippen molar-refractivity contribution in [2.24, 2.45) is 5.92 Å². The minimum Gasteiger partial charge on any atom is -0.481 e. The molecule has 0 amide bonds. The van der Waals surface area contributed by atoms with E-state index in [0.29, 0.717) is 19.4 Å². The van der Waals surface area contributed by atoms with Crippen molar-refractivity contribution in [3.63, 3.8) is 0 Å². The highest BCUT2D eigenvalue weighted by Crippen LogP contribution is 2.17. The van der Waals surface area contributed by atoms with Crippen molar-refractivity contribution in [1.29, 1.82) is 0 Å². The zero-order valence-electron chi connectivity index (χ0n) is 11.2. The van der Waals surface area contributed by atoms with Crippen molar-refractivity contribution in [2.75, 3.05) is 6.61 Å². The van der Waals surface area contributed by atoms with Gasteiger partial charge in [0.15, 0.2) is 0 Å². The number of rotatable bonds is 8. The highest BCUT2D eigenvalue weighted by Gasteiger charge is 2.20. The maximum absolute atomic E-state index is 11.8. The van der Waals surface area contributed by atoms with Crippen LogP contribution >= 0.6 is 0 Å². The van der Waals surface area contributed by atoms with Crippen LogP contribution in [0.2, 0.25) is 0 Å². The summed E-state index contributed by atoms with van der Waals surface area (Å²) in [6.07, 6.45) is 1.71. The Balaban J connectivity index is 2.52. The summed E-state index contributed by atoms with van der Waals surface area (Å²) in [5.74, 6) is -1.51. The van der Waals surface area contributed by atoms with Crippen molar-refractivity contribution in [3.05, 3.63) is 35.9 Å². The molecule has 0 fully saturated rings. The Morgan fingerprint density at radius 3 is 2.47 bits per heavy atom. The lowest BCUT2D eigenvalue weighted by Gasteiger charge is -2.14. The summed E-state index contributed by atoms with van der Waals surface area (Å²) >= 11 is 0.